The number of hydrogen-bond donors (Lipinski definition) is 0. The van der Waals surface area contributed by atoms with E-state index in [9.17, 15) is 4.79 Å². The van der Waals surface area contributed by atoms with E-state index < -0.39 is 0 Å². The summed E-state index contributed by atoms with van der Waals surface area (Å²) >= 11 is 0. The van der Waals surface area contributed by atoms with Gasteiger partial charge in [-0.05, 0) is 42.7 Å². The Balaban J connectivity index is 1.40. The van der Waals surface area contributed by atoms with Crippen LogP contribution >= 0.6 is 0 Å². The summed E-state index contributed by atoms with van der Waals surface area (Å²) in [5.41, 5.74) is 2.78. The normalized spacial score (nSPS) is 22.8. The highest BCUT2D eigenvalue weighted by atomic mass is 16.5. The summed E-state index contributed by atoms with van der Waals surface area (Å²) in [6, 6.07) is 8.55. The third-order valence-corrected chi connectivity index (χ3v) is 5.60. The van der Waals surface area contributed by atoms with E-state index in [2.05, 4.69) is 34.4 Å². The zero-order valence-electron chi connectivity index (χ0n) is 14.8. The fourth-order valence-corrected chi connectivity index (χ4v) is 4.19. The van der Waals surface area contributed by atoms with Crippen LogP contribution in [0, 0.1) is 0 Å². The molecular formula is C20H25N3O2. The summed E-state index contributed by atoms with van der Waals surface area (Å²) < 4.78 is 5.24. The van der Waals surface area contributed by atoms with Crippen LogP contribution in [-0.4, -0.2) is 34.0 Å². The van der Waals surface area contributed by atoms with E-state index in [0.717, 1.165) is 51.0 Å². The van der Waals surface area contributed by atoms with Crippen LogP contribution in [0.5, 0.6) is 0 Å². The number of piperidine rings is 1. The van der Waals surface area contributed by atoms with Crippen LogP contribution < -0.4 is 0 Å². The van der Waals surface area contributed by atoms with Crippen molar-refractivity contribution in [2.45, 2.75) is 57.3 Å². The number of aryl methyl sites for hydroxylation is 2. The van der Waals surface area contributed by atoms with Gasteiger partial charge in [0.2, 0.25) is 11.8 Å². The van der Waals surface area contributed by atoms with E-state index in [4.69, 9.17) is 4.52 Å². The first kappa shape index (κ1) is 16.3. The molecule has 0 spiro atoms. The molecule has 1 amide bonds. The van der Waals surface area contributed by atoms with Gasteiger partial charge in [-0.25, -0.2) is 0 Å². The van der Waals surface area contributed by atoms with E-state index in [1.54, 1.807) is 0 Å². The largest absolute Gasteiger partial charge is 0.342 e. The minimum absolute atomic E-state index is 0.206. The second-order valence-electron chi connectivity index (χ2n) is 7.22. The van der Waals surface area contributed by atoms with Crippen molar-refractivity contribution in [2.75, 3.05) is 13.1 Å². The number of rotatable bonds is 4. The predicted octanol–water partition coefficient (Wildman–Crippen LogP) is 3.46. The van der Waals surface area contributed by atoms with Gasteiger partial charge in [0, 0.05) is 31.8 Å². The molecule has 2 aromatic rings. The van der Waals surface area contributed by atoms with Crippen LogP contribution in [0.2, 0.25) is 0 Å². The van der Waals surface area contributed by atoms with Gasteiger partial charge in [0.1, 0.15) is 0 Å². The second kappa shape index (κ2) is 6.98. The number of hydrogen-bond acceptors (Lipinski definition) is 4. The van der Waals surface area contributed by atoms with Crippen LogP contribution in [0.3, 0.4) is 0 Å². The lowest BCUT2D eigenvalue weighted by molar-refractivity contribution is -0.132. The Labute approximate surface area is 148 Å². The molecule has 0 bridgehead atoms. The number of carbonyl (C=O) groups is 1. The Morgan fingerprint density at radius 3 is 3.04 bits per heavy atom. The maximum Gasteiger partial charge on any atom is 0.226 e. The number of fused-ring (bicyclic) bond motifs is 1. The van der Waals surface area contributed by atoms with Crippen molar-refractivity contribution in [2.24, 2.45) is 0 Å². The molecule has 5 nitrogen and oxygen atoms in total. The minimum Gasteiger partial charge on any atom is -0.342 e. The highest BCUT2D eigenvalue weighted by Crippen LogP contribution is 2.36. The van der Waals surface area contributed by atoms with Crippen molar-refractivity contribution < 1.29 is 9.32 Å². The van der Waals surface area contributed by atoms with E-state index >= 15 is 0 Å². The van der Waals surface area contributed by atoms with Crippen molar-refractivity contribution in [3.63, 3.8) is 0 Å². The number of likely N-dealkylation sites (tertiary alicyclic amines) is 1. The van der Waals surface area contributed by atoms with Crippen LogP contribution in [0.4, 0.5) is 0 Å². The van der Waals surface area contributed by atoms with E-state index in [0.29, 0.717) is 18.2 Å². The summed E-state index contributed by atoms with van der Waals surface area (Å²) in [5.74, 6) is 2.30. The lowest BCUT2D eigenvalue weighted by Crippen LogP contribution is -2.39. The number of benzene rings is 1. The maximum absolute atomic E-state index is 12.9. The highest BCUT2D eigenvalue weighted by molar-refractivity contribution is 5.77. The zero-order chi connectivity index (χ0) is 17.2. The Morgan fingerprint density at radius 1 is 1.32 bits per heavy atom. The van der Waals surface area contributed by atoms with Gasteiger partial charge in [0.05, 0.1) is 0 Å². The molecule has 1 aromatic heterocycles. The van der Waals surface area contributed by atoms with E-state index in [1.165, 1.54) is 11.1 Å². The topological polar surface area (TPSA) is 59.2 Å². The molecule has 5 heteroatoms. The Hall–Kier alpha value is -2.17. The average Bonchev–Trinajstić information content (AvgIpc) is 3.29. The molecular weight excluding hydrogens is 314 g/mol. The molecule has 1 fully saturated rings. The summed E-state index contributed by atoms with van der Waals surface area (Å²) in [5, 5.41) is 4.11. The minimum atomic E-state index is 0.206. The Morgan fingerprint density at radius 2 is 2.20 bits per heavy atom. The molecule has 1 aromatic carbocycles. The van der Waals surface area contributed by atoms with Crippen molar-refractivity contribution in [1.82, 2.24) is 15.0 Å². The second-order valence-corrected chi connectivity index (χ2v) is 7.22. The SMILES string of the molecule is CCc1nc([C@@H]2CCCN(C(=O)C[C@H]3CCc4ccccc43)C2)no1. The number of carbonyl (C=O) groups excluding carboxylic acids is 1. The molecule has 1 aliphatic carbocycles. The number of aromatic nitrogens is 2. The predicted molar refractivity (Wildman–Crippen MR) is 94.4 cm³/mol. The first-order valence-corrected chi connectivity index (χ1v) is 9.42. The zero-order valence-corrected chi connectivity index (χ0v) is 14.8. The van der Waals surface area contributed by atoms with Crippen molar-refractivity contribution >= 4 is 5.91 Å². The maximum atomic E-state index is 12.9. The molecule has 2 atom stereocenters. The first-order chi connectivity index (χ1) is 12.2. The van der Waals surface area contributed by atoms with Crippen LogP contribution in [-0.2, 0) is 17.6 Å². The van der Waals surface area contributed by atoms with Gasteiger partial charge in [-0.3, -0.25) is 4.79 Å². The molecule has 0 unspecified atom stereocenters. The fraction of sp³-hybridized carbons (Fsp3) is 0.550. The first-order valence-electron chi connectivity index (χ1n) is 9.42. The molecule has 1 aliphatic heterocycles. The quantitative estimate of drug-likeness (QED) is 0.856. The lowest BCUT2D eigenvalue weighted by Gasteiger charge is -2.32. The molecule has 4 rings (SSSR count). The van der Waals surface area contributed by atoms with Gasteiger partial charge < -0.3 is 9.42 Å². The molecule has 1 saturated heterocycles. The van der Waals surface area contributed by atoms with Crippen LogP contribution in [0.15, 0.2) is 28.8 Å². The van der Waals surface area contributed by atoms with Gasteiger partial charge in [-0.1, -0.05) is 36.3 Å². The standard InChI is InChI=1S/C20H25N3O2/c1-2-18-21-20(22-25-18)16-7-5-11-23(13-16)19(24)12-15-10-9-14-6-3-4-8-17(14)15/h3-4,6,8,15-16H,2,5,7,9-13H2,1H3/t15-,16-/m1/s1. The molecule has 0 N–H and O–H groups in total. The van der Waals surface area contributed by atoms with Gasteiger partial charge in [-0.15, -0.1) is 0 Å². The van der Waals surface area contributed by atoms with Crippen molar-refractivity contribution in [1.29, 1.82) is 0 Å². The fourth-order valence-electron chi connectivity index (χ4n) is 4.19. The monoisotopic (exact) mass is 339 g/mol. The number of nitrogens with zero attached hydrogens (tertiary/aromatic N) is 3. The van der Waals surface area contributed by atoms with Gasteiger partial charge in [0.25, 0.3) is 0 Å². The van der Waals surface area contributed by atoms with E-state index in [-0.39, 0.29) is 11.8 Å². The molecule has 2 heterocycles. The van der Waals surface area contributed by atoms with Gasteiger partial charge >= 0.3 is 0 Å². The summed E-state index contributed by atoms with van der Waals surface area (Å²) in [7, 11) is 0. The van der Waals surface area contributed by atoms with Crippen molar-refractivity contribution in [3.05, 3.63) is 47.1 Å². The van der Waals surface area contributed by atoms with Crippen LogP contribution in [0.1, 0.15) is 67.3 Å². The molecule has 25 heavy (non-hydrogen) atoms. The lowest BCUT2D eigenvalue weighted by atomic mass is 9.94. The Kier molecular flexibility index (Phi) is 4.55. The summed E-state index contributed by atoms with van der Waals surface area (Å²) in [6.07, 6.45) is 5.60. The molecule has 0 radical (unpaired) electrons. The third-order valence-electron chi connectivity index (χ3n) is 5.60. The Bertz CT molecular complexity index is 755. The molecule has 2 aliphatic rings. The van der Waals surface area contributed by atoms with Crippen molar-refractivity contribution in [3.8, 4) is 0 Å². The summed E-state index contributed by atoms with van der Waals surface area (Å²) in [4.78, 5) is 19.3. The number of amides is 1. The van der Waals surface area contributed by atoms with Gasteiger partial charge in [-0.2, -0.15) is 4.98 Å². The van der Waals surface area contributed by atoms with E-state index in [1.807, 2.05) is 11.8 Å². The highest BCUT2D eigenvalue weighted by Gasteiger charge is 2.31. The smallest absolute Gasteiger partial charge is 0.226 e. The molecule has 0 saturated carbocycles. The van der Waals surface area contributed by atoms with Gasteiger partial charge in [0.15, 0.2) is 5.82 Å². The molecule has 132 valence electrons. The summed E-state index contributed by atoms with van der Waals surface area (Å²) in [6.45, 7) is 3.57. The average molecular weight is 339 g/mol. The van der Waals surface area contributed by atoms with Crippen LogP contribution in [0.25, 0.3) is 0 Å². The third kappa shape index (κ3) is 3.32.